The van der Waals surface area contributed by atoms with Crippen molar-refractivity contribution in [2.75, 3.05) is 14.2 Å². The van der Waals surface area contributed by atoms with E-state index in [9.17, 15) is 4.79 Å². The molecule has 0 bridgehead atoms. The number of hydrogen-bond acceptors (Lipinski definition) is 5. The molecule has 1 fully saturated rings. The maximum Gasteiger partial charge on any atom is 0.220 e. The average Bonchev–Trinajstić information content (AvgIpc) is 2.33. The van der Waals surface area contributed by atoms with Crippen molar-refractivity contribution < 1.29 is 23.7 Å². The van der Waals surface area contributed by atoms with Gasteiger partial charge in [0.1, 0.15) is 6.10 Å². The van der Waals surface area contributed by atoms with Gasteiger partial charge in [0, 0.05) is 20.6 Å². The Balaban J connectivity index is 2.32. The van der Waals surface area contributed by atoms with Crippen molar-refractivity contribution in [3.8, 4) is 0 Å². The molecule has 0 unspecified atom stereocenters. The molecule has 1 aliphatic heterocycles. The number of rotatable bonds is 2. The molecule has 0 radical (unpaired) electrons. The third kappa shape index (κ3) is 1.91. The van der Waals surface area contributed by atoms with E-state index < -0.39 is 11.6 Å². The third-order valence-corrected chi connectivity index (χ3v) is 3.95. The average molecular weight is 256 g/mol. The zero-order valence-corrected chi connectivity index (χ0v) is 11.5. The molecule has 0 N–H and O–H groups in total. The Morgan fingerprint density at radius 2 is 1.78 bits per heavy atom. The van der Waals surface area contributed by atoms with Crippen LogP contribution in [-0.2, 0) is 23.7 Å². The van der Waals surface area contributed by atoms with Crippen molar-refractivity contribution in [2.45, 2.75) is 51.0 Å². The molecule has 0 aromatic rings. The van der Waals surface area contributed by atoms with Crippen LogP contribution in [-0.4, -0.2) is 43.8 Å². The van der Waals surface area contributed by atoms with Crippen molar-refractivity contribution in [1.82, 2.24) is 0 Å². The molecule has 0 aromatic heterocycles. The molecule has 102 valence electrons. The summed E-state index contributed by atoms with van der Waals surface area (Å²) in [4.78, 5) is 11.7. The van der Waals surface area contributed by atoms with Crippen LogP contribution in [0.4, 0.5) is 0 Å². The molecule has 5 heteroatoms. The van der Waals surface area contributed by atoms with Gasteiger partial charge in [0.05, 0.1) is 6.10 Å². The maximum absolute atomic E-state index is 11.7. The van der Waals surface area contributed by atoms with Gasteiger partial charge in [-0.2, -0.15) is 0 Å². The van der Waals surface area contributed by atoms with E-state index in [0.717, 1.165) is 0 Å². The number of hydrogen-bond donors (Lipinski definition) is 0. The van der Waals surface area contributed by atoms with Gasteiger partial charge < -0.3 is 18.9 Å². The van der Waals surface area contributed by atoms with Crippen LogP contribution in [0.25, 0.3) is 0 Å². The minimum Gasteiger partial charge on any atom is -0.349 e. The fourth-order valence-corrected chi connectivity index (χ4v) is 2.35. The Hall–Kier alpha value is -0.750. The zero-order valence-electron chi connectivity index (χ0n) is 11.5. The highest BCUT2D eigenvalue weighted by atomic mass is 16.8. The number of allylic oxidation sites excluding steroid dienone is 1. The van der Waals surface area contributed by atoms with Crippen LogP contribution in [0.2, 0.25) is 0 Å². The minimum atomic E-state index is -1.04. The molecule has 0 amide bonds. The fourth-order valence-electron chi connectivity index (χ4n) is 2.35. The summed E-state index contributed by atoms with van der Waals surface area (Å²) >= 11 is 0. The summed E-state index contributed by atoms with van der Waals surface area (Å²) in [5.74, 6) is -1.97. The van der Waals surface area contributed by atoms with Crippen molar-refractivity contribution in [3.05, 3.63) is 11.6 Å². The number of fused-ring (bicyclic) bond motifs is 1. The topological polar surface area (TPSA) is 54.0 Å². The van der Waals surface area contributed by atoms with Gasteiger partial charge in [-0.15, -0.1) is 0 Å². The monoisotopic (exact) mass is 256 g/mol. The Labute approximate surface area is 107 Å². The van der Waals surface area contributed by atoms with Crippen LogP contribution in [0.3, 0.4) is 0 Å². The molecule has 18 heavy (non-hydrogen) atoms. The van der Waals surface area contributed by atoms with Gasteiger partial charge in [-0.1, -0.05) is 0 Å². The molecule has 0 saturated carbocycles. The minimum absolute atomic E-state index is 0.0827. The predicted molar refractivity (Wildman–Crippen MR) is 64.0 cm³/mol. The molecule has 5 nitrogen and oxygen atoms in total. The molecule has 0 spiro atoms. The van der Waals surface area contributed by atoms with Crippen LogP contribution in [0.5, 0.6) is 0 Å². The van der Waals surface area contributed by atoms with Gasteiger partial charge in [-0.05, 0) is 32.4 Å². The van der Waals surface area contributed by atoms with E-state index in [0.29, 0.717) is 12.0 Å². The lowest BCUT2D eigenvalue weighted by Gasteiger charge is -2.52. The normalized spacial score (nSPS) is 44.5. The maximum atomic E-state index is 11.7. The van der Waals surface area contributed by atoms with Crippen molar-refractivity contribution in [1.29, 1.82) is 0 Å². The van der Waals surface area contributed by atoms with Crippen molar-refractivity contribution in [3.63, 3.8) is 0 Å². The Morgan fingerprint density at radius 3 is 2.33 bits per heavy atom. The molecular weight excluding hydrogens is 236 g/mol. The first-order chi connectivity index (χ1) is 8.35. The lowest BCUT2D eigenvalue weighted by molar-refractivity contribution is -0.442. The SMILES string of the molecule is CO[C@]1(C)O[C@H]2C=C(C)C(=O)C[C@@H]2O[C@@]1(C)OC. The van der Waals surface area contributed by atoms with Gasteiger partial charge in [0.15, 0.2) is 5.78 Å². The largest absolute Gasteiger partial charge is 0.349 e. The fraction of sp³-hybridized carbons (Fsp3) is 0.769. The number of Topliss-reactive ketones (excluding diaryl/α,β-unsaturated/α-hetero) is 1. The highest BCUT2D eigenvalue weighted by molar-refractivity contribution is 5.96. The highest BCUT2D eigenvalue weighted by Crippen LogP contribution is 2.41. The summed E-state index contributed by atoms with van der Waals surface area (Å²) in [7, 11) is 3.08. The number of ether oxygens (including phenoxy) is 4. The molecule has 1 saturated heterocycles. The molecule has 1 aliphatic carbocycles. The second-order valence-electron chi connectivity index (χ2n) is 5.02. The van der Waals surface area contributed by atoms with Gasteiger partial charge >= 0.3 is 0 Å². The number of methoxy groups -OCH3 is 2. The van der Waals surface area contributed by atoms with E-state index in [1.54, 1.807) is 34.0 Å². The van der Waals surface area contributed by atoms with E-state index in [1.165, 1.54) is 7.11 Å². The summed E-state index contributed by atoms with van der Waals surface area (Å²) in [6.07, 6.45) is 1.50. The molecule has 2 aliphatic rings. The van der Waals surface area contributed by atoms with Crippen molar-refractivity contribution >= 4 is 5.78 Å². The predicted octanol–water partition coefficient (Wildman–Crippen LogP) is 1.41. The molecule has 0 aromatic carbocycles. The smallest absolute Gasteiger partial charge is 0.220 e. The van der Waals surface area contributed by atoms with Gasteiger partial charge in [-0.3, -0.25) is 4.79 Å². The highest BCUT2D eigenvalue weighted by Gasteiger charge is 2.57. The van der Waals surface area contributed by atoms with E-state index >= 15 is 0 Å². The second kappa shape index (κ2) is 4.42. The Kier molecular flexibility index (Phi) is 3.36. The van der Waals surface area contributed by atoms with Crippen LogP contribution >= 0.6 is 0 Å². The van der Waals surface area contributed by atoms with Crippen molar-refractivity contribution in [2.24, 2.45) is 0 Å². The lowest BCUT2D eigenvalue weighted by Crippen LogP contribution is -2.65. The summed E-state index contributed by atoms with van der Waals surface area (Å²) in [5.41, 5.74) is 0.708. The van der Waals surface area contributed by atoms with Gasteiger partial charge in [-0.25, -0.2) is 0 Å². The first-order valence-corrected chi connectivity index (χ1v) is 6.03. The molecular formula is C13H20O5. The van der Waals surface area contributed by atoms with E-state index in [2.05, 4.69) is 0 Å². The Morgan fingerprint density at radius 1 is 1.22 bits per heavy atom. The lowest BCUT2D eigenvalue weighted by atomic mass is 9.91. The summed E-state index contributed by atoms with van der Waals surface area (Å²) in [6.45, 7) is 5.31. The van der Waals surface area contributed by atoms with E-state index in [-0.39, 0.29) is 18.0 Å². The summed E-state index contributed by atoms with van der Waals surface area (Å²) in [6, 6.07) is 0. The van der Waals surface area contributed by atoms with Gasteiger partial charge in [0.25, 0.3) is 0 Å². The number of carbonyl (C=O) groups is 1. The first kappa shape index (κ1) is 13.7. The Bertz CT molecular complexity index is 391. The number of carbonyl (C=O) groups excluding carboxylic acids is 1. The summed E-state index contributed by atoms with van der Waals surface area (Å²) < 4.78 is 22.7. The van der Waals surface area contributed by atoms with E-state index in [1.807, 2.05) is 0 Å². The van der Waals surface area contributed by atoms with Gasteiger partial charge in [0.2, 0.25) is 11.6 Å². The molecule has 1 heterocycles. The standard InChI is InChI=1S/C13H20O5/c1-8-6-10-11(7-9(8)14)18-13(3,16-5)12(2,15-4)17-10/h6,10-11H,7H2,1-5H3/t10-,11-,12+,13+/m0/s1. The number of ketones is 1. The van der Waals surface area contributed by atoms with Crippen LogP contribution in [0.1, 0.15) is 27.2 Å². The van der Waals surface area contributed by atoms with Crippen LogP contribution in [0.15, 0.2) is 11.6 Å². The van der Waals surface area contributed by atoms with Crippen LogP contribution < -0.4 is 0 Å². The molecule has 2 rings (SSSR count). The summed E-state index contributed by atoms with van der Waals surface area (Å²) in [5, 5.41) is 0. The quantitative estimate of drug-likeness (QED) is 0.747. The molecule has 4 atom stereocenters. The van der Waals surface area contributed by atoms with Crippen LogP contribution in [0, 0.1) is 0 Å². The van der Waals surface area contributed by atoms with E-state index in [4.69, 9.17) is 18.9 Å². The zero-order chi connectivity index (χ0) is 13.6. The third-order valence-electron chi connectivity index (χ3n) is 3.95. The second-order valence-corrected chi connectivity index (χ2v) is 5.02. The first-order valence-electron chi connectivity index (χ1n) is 6.03.